The fourth-order valence-electron chi connectivity index (χ4n) is 4.84. The fourth-order valence-corrected chi connectivity index (χ4v) is 4.84. The third-order valence-electron chi connectivity index (χ3n) is 7.09. The molecule has 1 aliphatic carbocycles. The largest absolute Gasteiger partial charge is 0.496 e. The Morgan fingerprint density at radius 1 is 1.03 bits per heavy atom. The summed E-state index contributed by atoms with van der Waals surface area (Å²) in [6, 6.07) is 21.2. The quantitative estimate of drug-likeness (QED) is 0.219. The van der Waals surface area contributed by atoms with Gasteiger partial charge in [-0.3, -0.25) is 19.7 Å². The summed E-state index contributed by atoms with van der Waals surface area (Å²) in [5, 5.41) is 12.4. The van der Waals surface area contributed by atoms with Crippen LogP contribution in [0, 0.1) is 10.1 Å². The number of aromatic amines is 1. The van der Waals surface area contributed by atoms with E-state index >= 15 is 0 Å². The van der Waals surface area contributed by atoms with E-state index < -0.39 is 4.92 Å². The molecule has 0 aliphatic heterocycles. The molecule has 5 rings (SSSR count). The molecule has 0 atom stereocenters. The summed E-state index contributed by atoms with van der Waals surface area (Å²) in [6.07, 6.45) is 4.21. The first kappa shape index (κ1) is 26.0. The van der Waals surface area contributed by atoms with Crippen molar-refractivity contribution in [2.75, 3.05) is 20.2 Å². The average molecular weight is 527 g/mol. The van der Waals surface area contributed by atoms with Gasteiger partial charge in [-0.1, -0.05) is 42.5 Å². The minimum absolute atomic E-state index is 0.0533. The van der Waals surface area contributed by atoms with E-state index in [9.17, 15) is 19.7 Å². The van der Waals surface area contributed by atoms with Gasteiger partial charge in [-0.25, -0.2) is 0 Å². The van der Waals surface area contributed by atoms with Gasteiger partial charge in [-0.15, -0.1) is 0 Å². The predicted octanol–water partition coefficient (Wildman–Crippen LogP) is 4.96. The van der Waals surface area contributed by atoms with E-state index in [1.807, 2.05) is 48.7 Å². The Morgan fingerprint density at radius 2 is 1.79 bits per heavy atom. The maximum absolute atomic E-state index is 13.8. The molecule has 2 amide bonds. The van der Waals surface area contributed by atoms with Crippen LogP contribution < -0.4 is 4.74 Å². The fraction of sp³-hybridized carbons (Fsp3) is 0.267. The molecule has 1 fully saturated rings. The molecule has 0 radical (unpaired) electrons. The Kier molecular flexibility index (Phi) is 7.58. The van der Waals surface area contributed by atoms with E-state index in [-0.39, 0.29) is 35.7 Å². The highest BCUT2D eigenvalue weighted by Gasteiger charge is 2.35. The number of H-pyrrole nitrogens is 1. The van der Waals surface area contributed by atoms with Gasteiger partial charge in [-0.2, -0.15) is 0 Å². The maximum Gasteiger partial charge on any atom is 0.270 e. The second-order valence-electron chi connectivity index (χ2n) is 9.71. The highest BCUT2D eigenvalue weighted by atomic mass is 16.6. The van der Waals surface area contributed by atoms with Crippen molar-refractivity contribution in [3.05, 3.63) is 106 Å². The number of methoxy groups -OCH3 is 1. The van der Waals surface area contributed by atoms with Gasteiger partial charge in [0, 0.05) is 59.5 Å². The van der Waals surface area contributed by atoms with Crippen LogP contribution in [-0.4, -0.2) is 57.8 Å². The van der Waals surface area contributed by atoms with Gasteiger partial charge in [-0.05, 0) is 43.0 Å². The van der Waals surface area contributed by atoms with E-state index in [0.29, 0.717) is 25.3 Å². The number of nitro benzene ring substituents is 1. The van der Waals surface area contributed by atoms with Gasteiger partial charge >= 0.3 is 0 Å². The van der Waals surface area contributed by atoms with E-state index in [1.165, 1.54) is 18.2 Å². The van der Waals surface area contributed by atoms with Gasteiger partial charge in [0.2, 0.25) is 5.91 Å². The minimum atomic E-state index is -0.525. The predicted molar refractivity (Wildman–Crippen MR) is 148 cm³/mol. The number of non-ortho nitro benzene ring substituents is 1. The molecule has 0 saturated heterocycles. The van der Waals surface area contributed by atoms with Crippen LogP contribution in [0.1, 0.15) is 34.3 Å². The number of rotatable bonds is 11. The number of hydrogen-bond donors (Lipinski definition) is 1. The number of ether oxygens (including phenoxy) is 1. The van der Waals surface area contributed by atoms with Crippen LogP contribution in [0.2, 0.25) is 0 Å². The number of aromatic nitrogens is 1. The van der Waals surface area contributed by atoms with E-state index in [4.69, 9.17) is 4.74 Å². The topological polar surface area (TPSA) is 109 Å². The highest BCUT2D eigenvalue weighted by Crippen LogP contribution is 2.29. The van der Waals surface area contributed by atoms with E-state index in [0.717, 1.165) is 34.9 Å². The smallest absolute Gasteiger partial charge is 0.270 e. The number of fused-ring (bicyclic) bond motifs is 1. The van der Waals surface area contributed by atoms with Crippen molar-refractivity contribution in [1.82, 2.24) is 14.8 Å². The number of nitro groups is 1. The number of hydrogen-bond acceptors (Lipinski definition) is 5. The second kappa shape index (κ2) is 11.4. The van der Waals surface area contributed by atoms with Crippen molar-refractivity contribution in [2.45, 2.75) is 31.8 Å². The van der Waals surface area contributed by atoms with Crippen LogP contribution in [-0.2, 0) is 17.8 Å². The summed E-state index contributed by atoms with van der Waals surface area (Å²) >= 11 is 0. The van der Waals surface area contributed by atoms with Crippen LogP contribution in [0.4, 0.5) is 5.69 Å². The zero-order chi connectivity index (χ0) is 27.4. The summed E-state index contributed by atoms with van der Waals surface area (Å²) in [4.78, 5) is 44.5. The lowest BCUT2D eigenvalue weighted by molar-refractivity contribution is -0.384. The van der Waals surface area contributed by atoms with Crippen LogP contribution >= 0.6 is 0 Å². The zero-order valence-electron chi connectivity index (χ0n) is 21.7. The van der Waals surface area contributed by atoms with Crippen LogP contribution in [0.25, 0.3) is 10.9 Å². The molecule has 200 valence electrons. The lowest BCUT2D eigenvalue weighted by atomic mass is 10.1. The van der Waals surface area contributed by atoms with Crippen LogP contribution in [0.5, 0.6) is 5.75 Å². The third-order valence-corrected chi connectivity index (χ3v) is 7.09. The number of carbonyl (C=O) groups is 2. The molecular weight excluding hydrogens is 496 g/mol. The third kappa shape index (κ3) is 5.93. The number of carbonyl (C=O) groups excluding carboxylic acids is 2. The molecule has 1 N–H and O–H groups in total. The number of para-hydroxylation sites is 2. The second-order valence-corrected chi connectivity index (χ2v) is 9.71. The van der Waals surface area contributed by atoms with Crippen molar-refractivity contribution in [3.8, 4) is 5.75 Å². The lowest BCUT2D eigenvalue weighted by Crippen LogP contribution is -2.44. The molecule has 1 aromatic heterocycles. The van der Waals surface area contributed by atoms with Gasteiger partial charge in [0.15, 0.2) is 0 Å². The molecule has 0 bridgehead atoms. The molecule has 9 nitrogen and oxygen atoms in total. The first-order valence-electron chi connectivity index (χ1n) is 12.9. The molecule has 3 aromatic carbocycles. The molecule has 1 saturated carbocycles. The molecular formula is C30H30N4O5. The van der Waals surface area contributed by atoms with E-state index in [1.54, 1.807) is 23.0 Å². The normalized spacial score (nSPS) is 12.7. The molecule has 39 heavy (non-hydrogen) atoms. The Bertz CT molecular complexity index is 1510. The Morgan fingerprint density at radius 3 is 2.56 bits per heavy atom. The van der Waals surface area contributed by atoms with E-state index in [2.05, 4.69) is 11.1 Å². The SMILES string of the molecule is COc1ccccc1CN(CCc1c[nH]c2ccccc12)C(=O)CN(C(=O)c1cccc([N+](=O)[O-])c1)C1CC1. The number of nitrogens with one attached hydrogen (secondary N) is 1. The Balaban J connectivity index is 1.38. The first-order valence-corrected chi connectivity index (χ1v) is 12.9. The molecule has 0 spiro atoms. The van der Waals surface area contributed by atoms with Crippen molar-refractivity contribution in [1.29, 1.82) is 0 Å². The van der Waals surface area contributed by atoms with Crippen LogP contribution in [0.3, 0.4) is 0 Å². The number of amides is 2. The van der Waals surface area contributed by atoms with Crippen molar-refractivity contribution < 1.29 is 19.2 Å². The van der Waals surface area contributed by atoms with Crippen molar-refractivity contribution in [2.24, 2.45) is 0 Å². The van der Waals surface area contributed by atoms with Crippen molar-refractivity contribution in [3.63, 3.8) is 0 Å². The molecule has 0 unspecified atom stereocenters. The van der Waals surface area contributed by atoms with Gasteiger partial charge < -0.3 is 19.5 Å². The monoisotopic (exact) mass is 526 g/mol. The maximum atomic E-state index is 13.8. The van der Waals surface area contributed by atoms with Crippen LogP contribution in [0.15, 0.2) is 79.0 Å². The molecule has 9 heteroatoms. The lowest BCUT2D eigenvalue weighted by Gasteiger charge is -2.28. The number of nitrogens with zero attached hydrogens (tertiary/aromatic N) is 3. The first-order chi connectivity index (χ1) is 18.9. The summed E-state index contributed by atoms with van der Waals surface area (Å²) in [5.41, 5.74) is 3.07. The Hall–Kier alpha value is -4.66. The zero-order valence-corrected chi connectivity index (χ0v) is 21.7. The van der Waals surface area contributed by atoms with Gasteiger partial charge in [0.05, 0.1) is 12.0 Å². The summed E-state index contributed by atoms with van der Waals surface area (Å²) in [5.74, 6) is 0.129. The Labute approximate surface area is 226 Å². The van der Waals surface area contributed by atoms with Crippen molar-refractivity contribution >= 4 is 28.4 Å². The van der Waals surface area contributed by atoms with Gasteiger partial charge in [0.25, 0.3) is 11.6 Å². The minimum Gasteiger partial charge on any atom is -0.496 e. The highest BCUT2D eigenvalue weighted by molar-refractivity contribution is 5.97. The average Bonchev–Trinajstić information content (AvgIpc) is 3.73. The molecule has 1 heterocycles. The molecule has 1 aliphatic rings. The molecule has 4 aromatic rings. The number of benzene rings is 3. The summed E-state index contributed by atoms with van der Waals surface area (Å²) in [6.45, 7) is 0.673. The summed E-state index contributed by atoms with van der Waals surface area (Å²) < 4.78 is 5.53. The summed E-state index contributed by atoms with van der Waals surface area (Å²) in [7, 11) is 1.60. The standard InChI is InChI=1S/C30H30N4O5/c1-39-28-12-5-2-7-23(28)19-32(16-15-22-18-31-27-11-4-3-10-26(22)27)29(35)20-33(24-13-14-24)30(36)21-8-6-9-25(17-21)34(37)38/h2-12,17-18,24,31H,13-16,19-20H2,1H3. The van der Waals surface area contributed by atoms with Gasteiger partial charge in [0.1, 0.15) is 12.3 Å².